The Morgan fingerprint density at radius 1 is 0.902 bits per heavy atom. The van der Waals surface area contributed by atoms with Crippen molar-refractivity contribution in [1.82, 2.24) is 13.9 Å². The smallest absolute Gasteiger partial charge is 0.269 e. The van der Waals surface area contributed by atoms with Crippen LogP contribution in [0.2, 0.25) is 0 Å². The summed E-state index contributed by atoms with van der Waals surface area (Å²) in [5.41, 5.74) is 6.75. The first-order valence-electron chi connectivity index (χ1n) is 13.8. The van der Waals surface area contributed by atoms with Crippen LogP contribution >= 0.6 is 0 Å². The molecular formula is C33H33N3O4S. The van der Waals surface area contributed by atoms with Gasteiger partial charge in [-0.1, -0.05) is 66.2 Å². The van der Waals surface area contributed by atoms with E-state index in [1.165, 1.54) is 9.54 Å². The van der Waals surface area contributed by atoms with E-state index in [9.17, 15) is 18.6 Å². The molecule has 1 atom stereocenters. The number of benzene rings is 3. The Labute approximate surface area is 240 Å². The number of aromatic nitrogens is 2. The summed E-state index contributed by atoms with van der Waals surface area (Å²) in [6.07, 6.45) is 4.98. The second kappa shape index (κ2) is 11.2. The van der Waals surface area contributed by atoms with Gasteiger partial charge in [0.2, 0.25) is 0 Å². The zero-order valence-corrected chi connectivity index (χ0v) is 23.8. The average molecular weight is 568 g/mol. The van der Waals surface area contributed by atoms with E-state index in [0.29, 0.717) is 12.2 Å². The van der Waals surface area contributed by atoms with Crippen molar-refractivity contribution in [1.29, 1.82) is 0 Å². The van der Waals surface area contributed by atoms with Crippen molar-refractivity contribution in [3.8, 4) is 22.3 Å². The zero-order valence-electron chi connectivity index (χ0n) is 22.9. The highest BCUT2D eigenvalue weighted by Gasteiger charge is 2.23. The van der Waals surface area contributed by atoms with E-state index in [2.05, 4.69) is 34.1 Å². The SMILES string of the molecule is Cc1ccc(S(=O)(=O)n2cc(-c3ccc(CO)cc3)c3cc(-c4ccc(CN5CCCC(O)C5)cc4)cnc32)cc1. The van der Waals surface area contributed by atoms with Crippen LogP contribution in [0.15, 0.2) is 96.2 Å². The molecular weight excluding hydrogens is 534 g/mol. The summed E-state index contributed by atoms with van der Waals surface area (Å²) < 4.78 is 28.8. The average Bonchev–Trinajstić information content (AvgIpc) is 3.38. The van der Waals surface area contributed by atoms with E-state index < -0.39 is 10.0 Å². The van der Waals surface area contributed by atoms with Crippen LogP contribution in [0.5, 0.6) is 0 Å². The van der Waals surface area contributed by atoms with E-state index in [1.54, 1.807) is 36.7 Å². The number of piperidine rings is 1. The van der Waals surface area contributed by atoms with E-state index in [1.807, 2.05) is 37.3 Å². The van der Waals surface area contributed by atoms with Crippen molar-refractivity contribution >= 4 is 21.1 Å². The lowest BCUT2D eigenvalue weighted by Gasteiger charge is -2.29. The van der Waals surface area contributed by atoms with Crippen LogP contribution in [0.1, 0.15) is 29.5 Å². The van der Waals surface area contributed by atoms with Crippen LogP contribution < -0.4 is 0 Å². The molecule has 0 radical (unpaired) electrons. The first kappa shape index (κ1) is 27.4. The number of aliphatic hydroxyl groups is 2. The van der Waals surface area contributed by atoms with E-state index >= 15 is 0 Å². The minimum atomic E-state index is -3.89. The molecule has 3 aromatic carbocycles. The van der Waals surface area contributed by atoms with Gasteiger partial charge >= 0.3 is 0 Å². The number of nitrogens with zero attached hydrogens (tertiary/aromatic N) is 3. The highest BCUT2D eigenvalue weighted by Crippen LogP contribution is 2.35. The number of hydrogen-bond acceptors (Lipinski definition) is 6. The zero-order chi connectivity index (χ0) is 28.6. The van der Waals surface area contributed by atoms with Gasteiger partial charge in [-0.2, -0.15) is 0 Å². The van der Waals surface area contributed by atoms with Gasteiger partial charge in [0.15, 0.2) is 5.65 Å². The minimum Gasteiger partial charge on any atom is -0.392 e. The molecule has 1 unspecified atom stereocenters. The van der Waals surface area contributed by atoms with Gasteiger partial charge in [-0.25, -0.2) is 17.4 Å². The number of hydrogen-bond donors (Lipinski definition) is 2. The maximum atomic E-state index is 13.8. The van der Waals surface area contributed by atoms with Crippen LogP contribution in [0.4, 0.5) is 0 Å². The summed E-state index contributed by atoms with van der Waals surface area (Å²) in [5.74, 6) is 0. The molecule has 41 heavy (non-hydrogen) atoms. The molecule has 3 heterocycles. The molecule has 0 spiro atoms. The molecule has 6 rings (SSSR count). The lowest BCUT2D eigenvalue weighted by Crippen LogP contribution is -2.37. The fraction of sp³-hybridized carbons (Fsp3) is 0.242. The summed E-state index contributed by atoms with van der Waals surface area (Å²) in [6.45, 7) is 4.34. The van der Waals surface area contributed by atoms with E-state index in [4.69, 9.17) is 0 Å². The third-order valence-electron chi connectivity index (χ3n) is 7.81. The number of likely N-dealkylation sites (tertiary alicyclic amines) is 1. The van der Waals surface area contributed by atoms with Gasteiger partial charge in [0.05, 0.1) is 17.6 Å². The van der Waals surface area contributed by atoms with Crippen molar-refractivity contribution in [2.45, 2.75) is 43.9 Å². The summed E-state index contributed by atoms with van der Waals surface area (Å²) in [6, 6.07) is 24.6. The molecule has 1 fully saturated rings. The Morgan fingerprint density at radius 2 is 1.59 bits per heavy atom. The standard InChI is InChI=1S/C33H33N3O4S/c1-23-4-14-30(15-5-23)41(39,40)36-21-32(27-12-8-25(22-37)9-13-27)31-17-28(18-34-33(31)36)26-10-6-24(7-11-26)19-35-16-2-3-29(38)20-35/h4-15,17-18,21,29,37-38H,2-3,16,19-20,22H2,1H3. The summed E-state index contributed by atoms with van der Waals surface area (Å²) in [4.78, 5) is 7.16. The van der Waals surface area contributed by atoms with Gasteiger partial charge < -0.3 is 10.2 Å². The van der Waals surface area contributed by atoms with E-state index in [0.717, 1.165) is 64.7 Å². The minimum absolute atomic E-state index is 0.0656. The predicted molar refractivity (Wildman–Crippen MR) is 161 cm³/mol. The van der Waals surface area contributed by atoms with Crippen molar-refractivity contribution in [3.05, 3.63) is 108 Å². The molecule has 5 aromatic rings. The third kappa shape index (κ3) is 5.56. The molecule has 1 aliphatic rings. The van der Waals surface area contributed by atoms with Crippen molar-refractivity contribution in [2.75, 3.05) is 13.1 Å². The number of rotatable bonds is 7. The topological polar surface area (TPSA) is 95.7 Å². The molecule has 8 heteroatoms. The fourth-order valence-electron chi connectivity index (χ4n) is 5.50. The number of β-amino-alcohol motifs (C(OH)–C–C–N with tert-alkyl or cyclic N) is 1. The van der Waals surface area contributed by atoms with Gasteiger partial charge in [-0.15, -0.1) is 0 Å². The maximum absolute atomic E-state index is 13.8. The van der Waals surface area contributed by atoms with E-state index in [-0.39, 0.29) is 17.6 Å². The van der Waals surface area contributed by atoms with Gasteiger partial charge in [0.25, 0.3) is 10.0 Å². The molecule has 1 aliphatic heterocycles. The van der Waals surface area contributed by atoms with Gasteiger partial charge in [-0.3, -0.25) is 4.90 Å². The first-order chi connectivity index (χ1) is 19.8. The third-order valence-corrected chi connectivity index (χ3v) is 9.48. The Bertz CT molecular complexity index is 1780. The molecule has 0 saturated carbocycles. The quantitative estimate of drug-likeness (QED) is 0.275. The molecule has 210 valence electrons. The highest BCUT2D eigenvalue weighted by atomic mass is 32.2. The predicted octanol–water partition coefficient (Wildman–Crippen LogP) is 5.36. The molecule has 0 amide bonds. The number of fused-ring (bicyclic) bond motifs is 1. The van der Waals surface area contributed by atoms with Crippen LogP contribution in [-0.4, -0.2) is 51.7 Å². The summed E-state index contributed by atoms with van der Waals surface area (Å²) >= 11 is 0. The second-order valence-electron chi connectivity index (χ2n) is 10.8. The summed E-state index contributed by atoms with van der Waals surface area (Å²) in [5, 5.41) is 20.2. The lowest BCUT2D eigenvalue weighted by atomic mass is 10.0. The first-order valence-corrected chi connectivity index (χ1v) is 15.3. The molecule has 2 aromatic heterocycles. The molecule has 2 N–H and O–H groups in total. The Hall–Kier alpha value is -3.82. The molecule has 1 saturated heterocycles. The number of aryl methyl sites for hydroxylation is 1. The van der Waals surface area contributed by atoms with Crippen LogP contribution in [-0.2, 0) is 23.2 Å². The largest absolute Gasteiger partial charge is 0.392 e. The van der Waals surface area contributed by atoms with Gasteiger partial charge in [0.1, 0.15) is 0 Å². The number of pyridine rings is 1. The normalized spacial score (nSPS) is 16.3. The maximum Gasteiger partial charge on any atom is 0.269 e. The van der Waals surface area contributed by atoms with Crippen molar-refractivity contribution in [2.24, 2.45) is 0 Å². The van der Waals surface area contributed by atoms with Crippen LogP contribution in [0, 0.1) is 6.92 Å². The van der Waals surface area contributed by atoms with Crippen molar-refractivity contribution < 1.29 is 18.6 Å². The summed E-state index contributed by atoms with van der Waals surface area (Å²) in [7, 11) is -3.89. The van der Waals surface area contributed by atoms with Crippen LogP contribution in [0.25, 0.3) is 33.3 Å². The number of aliphatic hydroxyl groups excluding tert-OH is 2. The Balaban J connectivity index is 1.40. The Kier molecular flexibility index (Phi) is 7.48. The fourth-order valence-corrected chi connectivity index (χ4v) is 6.82. The lowest BCUT2D eigenvalue weighted by molar-refractivity contribution is 0.0668. The Morgan fingerprint density at radius 3 is 2.27 bits per heavy atom. The monoisotopic (exact) mass is 567 g/mol. The molecule has 0 bridgehead atoms. The molecule has 0 aliphatic carbocycles. The molecule has 7 nitrogen and oxygen atoms in total. The van der Waals surface area contributed by atoms with Gasteiger partial charge in [-0.05, 0) is 66.8 Å². The van der Waals surface area contributed by atoms with Crippen molar-refractivity contribution in [3.63, 3.8) is 0 Å². The van der Waals surface area contributed by atoms with Gasteiger partial charge in [0, 0.05) is 42.0 Å². The van der Waals surface area contributed by atoms with Crippen LogP contribution in [0.3, 0.4) is 0 Å². The highest BCUT2D eigenvalue weighted by molar-refractivity contribution is 7.90. The second-order valence-corrected chi connectivity index (χ2v) is 12.6.